The van der Waals surface area contributed by atoms with Crippen molar-refractivity contribution >= 4 is 0 Å². The molecule has 19 heavy (non-hydrogen) atoms. The molecule has 0 spiro atoms. The van der Waals surface area contributed by atoms with Gasteiger partial charge in [0.2, 0.25) is 0 Å². The molecule has 0 saturated carbocycles. The largest absolute Gasteiger partial charge is 0.497 e. The van der Waals surface area contributed by atoms with Gasteiger partial charge in [-0.2, -0.15) is 0 Å². The average molecular weight is 257 g/mol. The molecule has 0 amide bonds. The smallest absolute Gasteiger partial charge is 0.118 e. The highest BCUT2D eigenvalue weighted by Crippen LogP contribution is 2.26. The summed E-state index contributed by atoms with van der Waals surface area (Å²) in [4.78, 5) is 4.14. The Morgan fingerprint density at radius 1 is 1.21 bits per heavy atom. The van der Waals surface area contributed by atoms with Crippen LogP contribution in [0, 0.1) is 6.92 Å². The number of rotatable bonds is 4. The van der Waals surface area contributed by atoms with Gasteiger partial charge in [-0.1, -0.05) is 18.2 Å². The van der Waals surface area contributed by atoms with Gasteiger partial charge >= 0.3 is 0 Å². The molecule has 1 aromatic heterocycles. The van der Waals surface area contributed by atoms with E-state index in [2.05, 4.69) is 4.98 Å². The van der Waals surface area contributed by atoms with E-state index in [-0.39, 0.29) is 0 Å². The van der Waals surface area contributed by atoms with Gasteiger partial charge in [0.15, 0.2) is 0 Å². The highest BCUT2D eigenvalue weighted by molar-refractivity contribution is 5.30. The lowest BCUT2D eigenvalue weighted by atomic mass is 9.89. The zero-order valence-electron chi connectivity index (χ0n) is 11.6. The molecule has 0 aliphatic heterocycles. The number of ether oxygens (including phenoxy) is 1. The molecule has 0 fully saturated rings. The average Bonchev–Trinajstić information content (AvgIpc) is 2.39. The number of aliphatic hydroxyl groups is 1. The van der Waals surface area contributed by atoms with Crippen LogP contribution < -0.4 is 4.74 Å². The van der Waals surface area contributed by atoms with Crippen LogP contribution in [0.5, 0.6) is 5.75 Å². The Morgan fingerprint density at radius 2 is 1.89 bits per heavy atom. The third-order valence-corrected chi connectivity index (χ3v) is 3.20. The Kier molecular flexibility index (Phi) is 3.86. The molecule has 3 nitrogen and oxygen atoms in total. The quantitative estimate of drug-likeness (QED) is 0.915. The molecule has 2 aromatic rings. The minimum absolute atomic E-state index is 0.544. The fourth-order valence-corrected chi connectivity index (χ4v) is 2.09. The summed E-state index contributed by atoms with van der Waals surface area (Å²) in [7, 11) is 1.64. The molecule has 1 heterocycles. The van der Waals surface area contributed by atoms with Crippen LogP contribution in [0.25, 0.3) is 0 Å². The zero-order valence-corrected chi connectivity index (χ0v) is 11.6. The molecule has 0 aliphatic rings. The number of aryl methyl sites for hydroxylation is 1. The van der Waals surface area contributed by atoms with E-state index in [1.54, 1.807) is 19.5 Å². The van der Waals surface area contributed by atoms with Crippen molar-refractivity contribution in [1.82, 2.24) is 4.98 Å². The SMILES string of the molecule is COc1ccc(CC(C)(O)c2cncc(C)c2)cc1. The maximum atomic E-state index is 10.6. The topological polar surface area (TPSA) is 42.4 Å². The van der Waals surface area contributed by atoms with Crippen molar-refractivity contribution in [3.8, 4) is 5.75 Å². The minimum Gasteiger partial charge on any atom is -0.497 e. The second-order valence-electron chi connectivity index (χ2n) is 5.05. The lowest BCUT2D eigenvalue weighted by Crippen LogP contribution is -2.24. The standard InChI is InChI=1S/C16H19NO2/c1-12-8-14(11-17-10-12)16(2,18)9-13-4-6-15(19-3)7-5-13/h4-8,10-11,18H,9H2,1-3H3. The number of aromatic nitrogens is 1. The second-order valence-corrected chi connectivity index (χ2v) is 5.05. The Labute approximate surface area is 113 Å². The van der Waals surface area contributed by atoms with Crippen LogP contribution in [0.3, 0.4) is 0 Å². The molecular weight excluding hydrogens is 238 g/mol. The van der Waals surface area contributed by atoms with Crippen LogP contribution in [0.1, 0.15) is 23.6 Å². The normalized spacial score (nSPS) is 13.9. The Hall–Kier alpha value is -1.87. The van der Waals surface area contributed by atoms with E-state index < -0.39 is 5.60 Å². The maximum Gasteiger partial charge on any atom is 0.118 e. The van der Waals surface area contributed by atoms with Gasteiger partial charge in [-0.3, -0.25) is 4.98 Å². The lowest BCUT2D eigenvalue weighted by Gasteiger charge is -2.24. The molecule has 0 radical (unpaired) electrons. The van der Waals surface area contributed by atoms with Crippen molar-refractivity contribution in [3.05, 3.63) is 59.4 Å². The van der Waals surface area contributed by atoms with Crippen molar-refractivity contribution in [2.75, 3.05) is 7.11 Å². The number of nitrogens with zero attached hydrogens (tertiary/aromatic N) is 1. The van der Waals surface area contributed by atoms with Gasteiger partial charge in [0, 0.05) is 24.4 Å². The summed E-state index contributed by atoms with van der Waals surface area (Å²) in [5, 5.41) is 10.6. The van der Waals surface area contributed by atoms with Gasteiger partial charge in [-0.15, -0.1) is 0 Å². The van der Waals surface area contributed by atoms with Crippen LogP contribution in [0.15, 0.2) is 42.7 Å². The number of benzene rings is 1. The van der Waals surface area contributed by atoms with Crippen molar-refractivity contribution in [1.29, 1.82) is 0 Å². The molecule has 1 atom stereocenters. The van der Waals surface area contributed by atoms with Crippen LogP contribution in [0.2, 0.25) is 0 Å². The van der Waals surface area contributed by atoms with E-state index in [1.165, 1.54) is 0 Å². The van der Waals surface area contributed by atoms with Gasteiger partial charge in [-0.25, -0.2) is 0 Å². The van der Waals surface area contributed by atoms with Crippen molar-refractivity contribution < 1.29 is 9.84 Å². The Morgan fingerprint density at radius 3 is 2.47 bits per heavy atom. The zero-order chi connectivity index (χ0) is 13.9. The summed E-state index contributed by atoms with van der Waals surface area (Å²) >= 11 is 0. The van der Waals surface area contributed by atoms with Gasteiger partial charge < -0.3 is 9.84 Å². The predicted molar refractivity (Wildman–Crippen MR) is 75.2 cm³/mol. The first-order valence-corrected chi connectivity index (χ1v) is 6.29. The molecule has 100 valence electrons. The summed E-state index contributed by atoms with van der Waals surface area (Å²) in [6.07, 6.45) is 4.05. The van der Waals surface area contributed by atoms with Crippen LogP contribution >= 0.6 is 0 Å². The van der Waals surface area contributed by atoms with Gasteiger partial charge in [-0.05, 0) is 37.1 Å². The van der Waals surface area contributed by atoms with E-state index >= 15 is 0 Å². The number of methoxy groups -OCH3 is 1. The van der Waals surface area contributed by atoms with Crippen molar-refractivity contribution in [3.63, 3.8) is 0 Å². The van der Waals surface area contributed by atoms with Crippen molar-refractivity contribution in [2.45, 2.75) is 25.9 Å². The third-order valence-electron chi connectivity index (χ3n) is 3.20. The number of hydrogen-bond donors (Lipinski definition) is 1. The second kappa shape index (κ2) is 5.41. The first kappa shape index (κ1) is 13.6. The molecule has 2 rings (SSSR count). The van der Waals surface area contributed by atoms with E-state index in [9.17, 15) is 5.11 Å². The van der Waals surface area contributed by atoms with Crippen LogP contribution in [-0.4, -0.2) is 17.2 Å². The van der Waals surface area contributed by atoms with E-state index in [4.69, 9.17) is 4.74 Å². The molecule has 1 unspecified atom stereocenters. The summed E-state index contributed by atoms with van der Waals surface area (Å²) in [5.74, 6) is 0.820. The van der Waals surface area contributed by atoms with Crippen molar-refractivity contribution in [2.24, 2.45) is 0 Å². The molecular formula is C16H19NO2. The fourth-order valence-electron chi connectivity index (χ4n) is 2.09. The molecule has 1 N–H and O–H groups in total. The monoisotopic (exact) mass is 257 g/mol. The Bertz CT molecular complexity index is 547. The first-order chi connectivity index (χ1) is 9.01. The number of pyridine rings is 1. The van der Waals surface area contributed by atoms with Crippen LogP contribution in [0.4, 0.5) is 0 Å². The highest BCUT2D eigenvalue weighted by atomic mass is 16.5. The van der Waals surface area contributed by atoms with Gasteiger partial charge in [0.25, 0.3) is 0 Å². The predicted octanol–water partition coefficient (Wildman–Crippen LogP) is 2.85. The van der Waals surface area contributed by atoms with Gasteiger partial charge in [0.05, 0.1) is 12.7 Å². The van der Waals surface area contributed by atoms with Gasteiger partial charge in [0.1, 0.15) is 5.75 Å². The fraction of sp³-hybridized carbons (Fsp3) is 0.312. The summed E-state index contributed by atoms with van der Waals surface area (Å²) in [6.45, 7) is 3.79. The third kappa shape index (κ3) is 3.32. The molecule has 3 heteroatoms. The van der Waals surface area contributed by atoms with Crippen LogP contribution in [-0.2, 0) is 12.0 Å². The molecule has 0 bridgehead atoms. The summed E-state index contributed by atoms with van der Waals surface area (Å²) < 4.78 is 5.13. The molecule has 1 aromatic carbocycles. The Balaban J connectivity index is 2.20. The number of hydrogen-bond acceptors (Lipinski definition) is 3. The van der Waals surface area contributed by atoms with E-state index in [0.29, 0.717) is 6.42 Å². The highest BCUT2D eigenvalue weighted by Gasteiger charge is 2.24. The summed E-state index contributed by atoms with van der Waals surface area (Å²) in [5.41, 5.74) is 2.02. The lowest BCUT2D eigenvalue weighted by molar-refractivity contribution is 0.0572. The van der Waals surface area contributed by atoms with E-state index in [1.807, 2.05) is 44.2 Å². The van der Waals surface area contributed by atoms with E-state index in [0.717, 1.165) is 22.4 Å². The first-order valence-electron chi connectivity index (χ1n) is 6.29. The molecule has 0 saturated heterocycles. The maximum absolute atomic E-state index is 10.6. The summed E-state index contributed by atoms with van der Waals surface area (Å²) in [6, 6.07) is 9.71. The minimum atomic E-state index is -0.923. The molecule has 0 aliphatic carbocycles.